The minimum absolute atomic E-state index is 0.0165. The molecule has 5 nitrogen and oxygen atoms in total. The zero-order valence-electron chi connectivity index (χ0n) is 77.9. The van der Waals surface area contributed by atoms with Gasteiger partial charge in [-0.1, -0.05) is 359 Å². The Kier molecular flexibility index (Phi) is 22.3. The summed E-state index contributed by atoms with van der Waals surface area (Å²) in [6.07, 6.45) is 4.92. The summed E-state index contributed by atoms with van der Waals surface area (Å²) in [5.74, 6) is 0.639. The standard InChI is InChI=1S/C128H113N5/c1-11-13-27-90(12-2)87-129-123-39-26-21-34-117(123)118-86-94(50-85-124(118)129)93-48-71-106(72-49-93)132(108-75-53-96(54-76-108)126(8,9)10)110-79-57-98(58-80-110)128(121-37-24-19-32-115(121)116-33-20-25-38-122(116)128)100-61-83-112(84-62-100)133(105-69-46-92(47-70-105)91-44-67-104(68-45-91)131(102-63-40-88(3)41-64-102)103-65-42-89(4)43-66-103)111-81-59-99(60-82-111)127(119-35-22-17-30-113(119)114-31-18-23-36-120(114)127)97-55-77-109(78-56-97)130(101-28-15-14-16-29-101)107-73-51-95(52-74-107)125(5,6)7/h14-26,28-86,90H,11-13,27,87H2,1-10H3. The Morgan fingerprint density at radius 1 is 0.256 bits per heavy atom. The van der Waals surface area contributed by atoms with E-state index >= 15 is 0 Å². The molecule has 1 aromatic heterocycles. The van der Waals surface area contributed by atoms with E-state index in [1.54, 1.807) is 0 Å². The van der Waals surface area contributed by atoms with E-state index in [4.69, 9.17) is 0 Å². The van der Waals surface area contributed by atoms with E-state index in [-0.39, 0.29) is 10.8 Å². The van der Waals surface area contributed by atoms with Gasteiger partial charge in [-0.2, -0.15) is 0 Å². The highest BCUT2D eigenvalue weighted by Crippen LogP contribution is 2.60. The molecule has 18 aromatic carbocycles. The Morgan fingerprint density at radius 3 is 0.842 bits per heavy atom. The lowest BCUT2D eigenvalue weighted by Gasteiger charge is -2.36. The Balaban J connectivity index is 0.674. The summed E-state index contributed by atoms with van der Waals surface area (Å²) in [5, 5.41) is 2.63. The number of benzene rings is 18. The van der Waals surface area contributed by atoms with Gasteiger partial charge in [-0.3, -0.25) is 0 Å². The molecular formula is C128H113N5. The first-order valence-electron chi connectivity index (χ1n) is 47.7. The molecule has 2 aliphatic carbocycles. The summed E-state index contributed by atoms with van der Waals surface area (Å²) in [7, 11) is 0. The van der Waals surface area contributed by atoms with Crippen LogP contribution in [0.3, 0.4) is 0 Å². The first-order valence-corrected chi connectivity index (χ1v) is 47.7. The summed E-state index contributed by atoms with van der Waals surface area (Å²) < 4.78 is 2.60. The first-order chi connectivity index (χ1) is 64.9. The molecule has 0 bridgehead atoms. The SMILES string of the molecule is CCCCC(CC)Cn1c2ccccc2c2cc(-c3ccc(N(c4ccc(C(C)(C)C)cc4)c4ccc(C5(c6ccc(N(c7ccc(-c8ccc(N(c9ccc(C)cc9)c9ccc(C)cc9)cc8)cc7)c7ccc(C8(c9ccc(N(c%10ccccc%10)c%10ccc(C(C)(C)C)cc%10)cc9)c9ccccc9-c9ccccc98)cc7)cc6)c6ccccc6-c6ccccc65)cc4)cc3)ccc21. The number of hydrogen-bond acceptors (Lipinski definition) is 4. The Hall–Kier alpha value is -15.0. The third kappa shape index (κ3) is 15.4. The van der Waals surface area contributed by atoms with Gasteiger partial charge < -0.3 is 24.2 Å². The van der Waals surface area contributed by atoms with Gasteiger partial charge in [0.2, 0.25) is 0 Å². The number of aryl methyl sites for hydroxylation is 2. The van der Waals surface area contributed by atoms with Gasteiger partial charge in [-0.15, -0.1) is 0 Å². The van der Waals surface area contributed by atoms with E-state index < -0.39 is 10.8 Å². The van der Waals surface area contributed by atoms with E-state index in [0.717, 1.165) is 85.9 Å². The van der Waals surface area contributed by atoms with Crippen molar-refractivity contribution in [3.05, 3.63) is 504 Å². The van der Waals surface area contributed by atoms with Gasteiger partial charge in [0.1, 0.15) is 0 Å². The highest BCUT2D eigenvalue weighted by molar-refractivity contribution is 6.09. The smallest absolute Gasteiger partial charge is 0.0713 e. The van der Waals surface area contributed by atoms with Crippen molar-refractivity contribution in [3.8, 4) is 44.5 Å². The van der Waals surface area contributed by atoms with Crippen LogP contribution < -0.4 is 19.6 Å². The minimum atomic E-state index is -0.704. The average Bonchev–Trinajstić information content (AvgIpc) is 1.54. The zero-order valence-corrected chi connectivity index (χ0v) is 77.9. The molecule has 5 heteroatoms. The topological polar surface area (TPSA) is 17.9 Å². The Morgan fingerprint density at radius 2 is 0.519 bits per heavy atom. The Labute approximate surface area is 785 Å². The number of fused-ring (bicyclic) bond motifs is 9. The van der Waals surface area contributed by atoms with E-state index in [2.05, 4.69) is 530 Å². The molecule has 1 atom stereocenters. The van der Waals surface area contributed by atoms with Crippen molar-refractivity contribution in [1.82, 2.24) is 4.57 Å². The van der Waals surface area contributed by atoms with Gasteiger partial charge in [0.05, 0.1) is 10.8 Å². The molecule has 19 aromatic rings. The van der Waals surface area contributed by atoms with Crippen LogP contribution in [0.1, 0.15) is 148 Å². The van der Waals surface area contributed by atoms with Gasteiger partial charge in [0.15, 0.2) is 0 Å². The molecule has 0 saturated carbocycles. The number of aromatic nitrogens is 1. The number of anilines is 12. The summed E-state index contributed by atoms with van der Waals surface area (Å²) in [5.41, 5.74) is 38.7. The van der Waals surface area contributed by atoms with Crippen molar-refractivity contribution in [2.24, 2.45) is 5.92 Å². The molecular weight excluding hydrogens is 1610 g/mol. The molecule has 2 aliphatic rings. The van der Waals surface area contributed by atoms with E-state index in [9.17, 15) is 0 Å². The van der Waals surface area contributed by atoms with Crippen molar-refractivity contribution in [1.29, 1.82) is 0 Å². The monoisotopic (exact) mass is 1720 g/mol. The second kappa shape index (κ2) is 35.0. The molecule has 21 rings (SSSR count). The van der Waals surface area contributed by atoms with Crippen molar-refractivity contribution in [3.63, 3.8) is 0 Å². The van der Waals surface area contributed by atoms with Gasteiger partial charge in [0, 0.05) is 96.6 Å². The number of rotatable bonds is 24. The van der Waals surface area contributed by atoms with Crippen LogP contribution in [-0.4, -0.2) is 4.57 Å². The van der Waals surface area contributed by atoms with Crippen LogP contribution in [0.4, 0.5) is 68.2 Å². The number of hydrogen-bond donors (Lipinski definition) is 0. The molecule has 0 radical (unpaired) electrons. The highest BCUT2D eigenvalue weighted by atomic mass is 15.2. The maximum atomic E-state index is 2.60. The summed E-state index contributed by atoms with van der Waals surface area (Å²) in [6, 6.07) is 165. The van der Waals surface area contributed by atoms with Crippen LogP contribution in [0.25, 0.3) is 66.3 Å². The molecule has 0 saturated heterocycles. The maximum Gasteiger partial charge on any atom is 0.0713 e. The summed E-state index contributed by atoms with van der Waals surface area (Å²) in [6.45, 7) is 23.7. The van der Waals surface area contributed by atoms with Crippen LogP contribution in [-0.2, 0) is 28.2 Å². The lowest BCUT2D eigenvalue weighted by atomic mass is 9.67. The lowest BCUT2D eigenvalue weighted by Crippen LogP contribution is -2.29. The zero-order chi connectivity index (χ0) is 90.7. The van der Waals surface area contributed by atoms with Gasteiger partial charge >= 0.3 is 0 Å². The van der Waals surface area contributed by atoms with Crippen LogP contribution in [0, 0.1) is 19.8 Å². The number of nitrogens with zero attached hydrogens (tertiary/aromatic N) is 5. The Bertz CT molecular complexity index is 7250. The van der Waals surface area contributed by atoms with E-state index in [1.165, 1.54) is 148 Å². The van der Waals surface area contributed by atoms with Gasteiger partial charge in [-0.05, 0) is 301 Å². The van der Waals surface area contributed by atoms with Crippen LogP contribution in [0.2, 0.25) is 0 Å². The molecule has 0 spiro atoms. The van der Waals surface area contributed by atoms with Crippen molar-refractivity contribution in [2.75, 3.05) is 19.6 Å². The van der Waals surface area contributed by atoms with E-state index in [0.29, 0.717) is 5.92 Å². The largest absolute Gasteiger partial charge is 0.340 e. The second-order valence-corrected chi connectivity index (χ2v) is 38.7. The summed E-state index contributed by atoms with van der Waals surface area (Å²) in [4.78, 5) is 9.62. The molecule has 133 heavy (non-hydrogen) atoms. The van der Waals surface area contributed by atoms with Crippen molar-refractivity contribution >= 4 is 90.1 Å². The van der Waals surface area contributed by atoms with Gasteiger partial charge in [0.25, 0.3) is 0 Å². The van der Waals surface area contributed by atoms with E-state index in [1.807, 2.05) is 0 Å². The fraction of sp³-hybridized carbons (Fsp3) is 0.156. The molecule has 0 fully saturated rings. The fourth-order valence-corrected chi connectivity index (χ4v) is 21.5. The van der Waals surface area contributed by atoms with Crippen molar-refractivity contribution < 1.29 is 0 Å². The third-order valence-electron chi connectivity index (χ3n) is 28.5. The van der Waals surface area contributed by atoms with Crippen LogP contribution >= 0.6 is 0 Å². The quantitative estimate of drug-likeness (QED) is 0.0600. The average molecular weight is 1720 g/mol. The van der Waals surface area contributed by atoms with Crippen LogP contribution in [0.15, 0.2) is 437 Å². The predicted octanol–water partition coefficient (Wildman–Crippen LogP) is 35.2. The highest BCUT2D eigenvalue weighted by Gasteiger charge is 2.48. The molecule has 0 N–H and O–H groups in total. The predicted molar refractivity (Wildman–Crippen MR) is 564 cm³/mol. The molecule has 1 heterocycles. The number of para-hydroxylation sites is 2. The fourth-order valence-electron chi connectivity index (χ4n) is 21.5. The molecule has 0 aliphatic heterocycles. The van der Waals surface area contributed by atoms with Crippen LogP contribution in [0.5, 0.6) is 0 Å². The summed E-state index contributed by atoms with van der Waals surface area (Å²) >= 11 is 0. The normalized spacial score (nSPS) is 13.1. The third-order valence-corrected chi connectivity index (χ3v) is 28.5. The molecule has 0 amide bonds. The molecule has 650 valence electrons. The lowest BCUT2D eigenvalue weighted by molar-refractivity contribution is 0.401. The van der Waals surface area contributed by atoms with Gasteiger partial charge in [-0.25, -0.2) is 0 Å². The molecule has 1 unspecified atom stereocenters. The maximum absolute atomic E-state index is 2.60. The number of unbranched alkanes of at least 4 members (excludes halogenated alkanes) is 1. The van der Waals surface area contributed by atoms with Crippen molar-refractivity contribution in [2.45, 2.75) is 123 Å². The first kappa shape index (κ1) is 84.8. The second-order valence-electron chi connectivity index (χ2n) is 38.7. The minimum Gasteiger partial charge on any atom is -0.340 e.